The number of carbonyl (C=O) groups excluding carboxylic acids is 1. The summed E-state index contributed by atoms with van der Waals surface area (Å²) >= 11 is 8.79. The van der Waals surface area contributed by atoms with Crippen LogP contribution in [0.1, 0.15) is 5.56 Å². The molecule has 3 nitrogen and oxygen atoms in total. The second-order valence-electron chi connectivity index (χ2n) is 4.94. The molecule has 0 radical (unpaired) electrons. The van der Waals surface area contributed by atoms with E-state index >= 15 is 0 Å². The lowest BCUT2D eigenvalue weighted by molar-refractivity contribution is -0.141. The van der Waals surface area contributed by atoms with Crippen molar-refractivity contribution in [3.63, 3.8) is 0 Å². The lowest BCUT2D eigenvalue weighted by Crippen LogP contribution is -2.07. The molecule has 0 aliphatic carbocycles. The van der Waals surface area contributed by atoms with Crippen LogP contribution in [0.5, 0.6) is 0 Å². The Bertz CT molecular complexity index is 803. The van der Waals surface area contributed by atoms with Gasteiger partial charge in [0.25, 0.3) is 0 Å². The summed E-state index contributed by atoms with van der Waals surface area (Å²) in [7, 11) is 0. The first-order chi connectivity index (χ1) is 11.7. The van der Waals surface area contributed by atoms with Crippen LogP contribution in [0.4, 0.5) is 0 Å². The molecule has 2 aromatic carbocycles. The molecule has 3 rings (SSSR count). The Labute approximate surface area is 153 Å². The Morgan fingerprint density at radius 3 is 2.62 bits per heavy atom. The molecule has 0 bridgehead atoms. The third-order valence-corrected chi connectivity index (χ3v) is 5.43. The second-order valence-corrected chi connectivity index (χ2v) is 7.46. The fraction of sp³-hybridized carbons (Fsp3) is 0.111. The van der Waals surface area contributed by atoms with E-state index in [9.17, 15) is 4.79 Å². The van der Waals surface area contributed by atoms with Gasteiger partial charge in [-0.3, -0.25) is 4.79 Å². The monoisotopic (exact) mass is 375 g/mol. The number of hydrogen-bond donors (Lipinski definition) is 0. The zero-order chi connectivity index (χ0) is 16.8. The van der Waals surface area contributed by atoms with Gasteiger partial charge in [0.2, 0.25) is 0 Å². The van der Waals surface area contributed by atoms with Crippen LogP contribution in [-0.2, 0) is 16.1 Å². The van der Waals surface area contributed by atoms with Gasteiger partial charge >= 0.3 is 5.97 Å². The fourth-order valence-electron chi connectivity index (χ4n) is 1.98. The van der Waals surface area contributed by atoms with Crippen LogP contribution in [0, 0.1) is 0 Å². The normalized spacial score (nSPS) is 10.5. The Balaban J connectivity index is 1.50. The highest BCUT2D eigenvalue weighted by Crippen LogP contribution is 2.29. The molecule has 0 saturated carbocycles. The third kappa shape index (κ3) is 4.84. The second kappa shape index (κ2) is 8.33. The standard InChI is InChI=1S/C18H14ClNO2S2/c19-15-8-6-14(7-9-15)16-11-23-18(20-16)24-12-17(21)22-10-13-4-2-1-3-5-13/h1-9,11H,10,12H2. The number of halogens is 1. The van der Waals surface area contributed by atoms with E-state index in [0.29, 0.717) is 11.6 Å². The summed E-state index contributed by atoms with van der Waals surface area (Å²) in [4.78, 5) is 16.4. The van der Waals surface area contributed by atoms with Crippen molar-refractivity contribution in [2.75, 3.05) is 5.75 Å². The quantitative estimate of drug-likeness (QED) is 0.433. The molecule has 0 atom stereocenters. The average molecular weight is 376 g/mol. The first-order valence-corrected chi connectivity index (χ1v) is 9.49. The van der Waals surface area contributed by atoms with Crippen molar-refractivity contribution >= 4 is 40.7 Å². The number of thioether (sulfide) groups is 1. The number of nitrogens with zero attached hydrogens (tertiary/aromatic N) is 1. The molecule has 0 amide bonds. The van der Waals surface area contributed by atoms with Gasteiger partial charge in [-0.25, -0.2) is 4.98 Å². The molecule has 3 aromatic rings. The molecule has 122 valence electrons. The summed E-state index contributed by atoms with van der Waals surface area (Å²) in [5.41, 5.74) is 2.88. The van der Waals surface area contributed by atoms with Crippen molar-refractivity contribution in [3.05, 3.63) is 70.6 Å². The summed E-state index contributed by atoms with van der Waals surface area (Å²) in [6.45, 7) is 0.300. The predicted octanol–water partition coefficient (Wildman–Crippen LogP) is 5.30. The van der Waals surface area contributed by atoms with Crippen LogP contribution < -0.4 is 0 Å². The molecular formula is C18H14ClNO2S2. The highest BCUT2D eigenvalue weighted by molar-refractivity contribution is 8.01. The molecular weight excluding hydrogens is 362 g/mol. The molecule has 0 aliphatic rings. The zero-order valence-electron chi connectivity index (χ0n) is 12.6. The minimum atomic E-state index is -0.243. The largest absolute Gasteiger partial charge is 0.460 e. The lowest BCUT2D eigenvalue weighted by Gasteiger charge is -2.03. The van der Waals surface area contributed by atoms with Gasteiger partial charge in [0.15, 0.2) is 4.34 Å². The molecule has 0 spiro atoms. The Kier molecular flexibility index (Phi) is 5.91. The van der Waals surface area contributed by atoms with Crippen LogP contribution in [-0.4, -0.2) is 16.7 Å². The van der Waals surface area contributed by atoms with Crippen molar-refractivity contribution in [2.45, 2.75) is 10.9 Å². The van der Waals surface area contributed by atoms with Crippen molar-refractivity contribution < 1.29 is 9.53 Å². The highest BCUT2D eigenvalue weighted by atomic mass is 35.5. The van der Waals surface area contributed by atoms with Gasteiger partial charge < -0.3 is 4.74 Å². The van der Waals surface area contributed by atoms with Gasteiger partial charge in [-0.2, -0.15) is 0 Å². The van der Waals surface area contributed by atoms with E-state index in [1.165, 1.54) is 23.1 Å². The Morgan fingerprint density at radius 1 is 1.12 bits per heavy atom. The minimum absolute atomic E-state index is 0.243. The van der Waals surface area contributed by atoms with Crippen molar-refractivity contribution in [1.82, 2.24) is 4.98 Å². The number of thiazole rings is 1. The van der Waals surface area contributed by atoms with Crippen molar-refractivity contribution in [2.24, 2.45) is 0 Å². The minimum Gasteiger partial charge on any atom is -0.460 e. The van der Waals surface area contributed by atoms with Crippen LogP contribution >= 0.6 is 34.7 Å². The average Bonchev–Trinajstić information content (AvgIpc) is 3.09. The summed E-state index contributed by atoms with van der Waals surface area (Å²) in [6.07, 6.45) is 0. The predicted molar refractivity (Wildman–Crippen MR) is 99.5 cm³/mol. The number of benzene rings is 2. The van der Waals surface area contributed by atoms with Gasteiger partial charge in [0, 0.05) is 16.0 Å². The molecule has 1 heterocycles. The van der Waals surface area contributed by atoms with Crippen LogP contribution in [0.3, 0.4) is 0 Å². The van der Waals surface area contributed by atoms with E-state index in [0.717, 1.165) is 21.2 Å². The first kappa shape index (κ1) is 17.0. The van der Waals surface area contributed by atoms with Gasteiger partial charge in [-0.05, 0) is 17.7 Å². The van der Waals surface area contributed by atoms with E-state index < -0.39 is 0 Å². The number of esters is 1. The summed E-state index contributed by atoms with van der Waals surface area (Å²) in [5, 5.41) is 2.67. The molecule has 0 aliphatic heterocycles. The maximum Gasteiger partial charge on any atom is 0.316 e. The van der Waals surface area contributed by atoms with Gasteiger partial charge in [0.1, 0.15) is 6.61 Å². The van der Waals surface area contributed by atoms with Crippen molar-refractivity contribution in [3.8, 4) is 11.3 Å². The third-order valence-electron chi connectivity index (χ3n) is 3.18. The van der Waals surface area contributed by atoms with Gasteiger partial charge in [-0.15, -0.1) is 11.3 Å². The lowest BCUT2D eigenvalue weighted by atomic mass is 10.2. The van der Waals surface area contributed by atoms with E-state index in [1.54, 1.807) is 0 Å². The highest BCUT2D eigenvalue weighted by Gasteiger charge is 2.09. The van der Waals surface area contributed by atoms with Gasteiger partial charge in [-0.1, -0.05) is 65.8 Å². The maximum absolute atomic E-state index is 11.8. The number of hydrogen-bond acceptors (Lipinski definition) is 5. The van der Waals surface area contributed by atoms with Gasteiger partial charge in [0.05, 0.1) is 11.4 Å². The molecule has 24 heavy (non-hydrogen) atoms. The molecule has 0 saturated heterocycles. The first-order valence-electron chi connectivity index (χ1n) is 7.24. The van der Waals surface area contributed by atoms with E-state index in [4.69, 9.17) is 16.3 Å². The number of aromatic nitrogens is 1. The fourth-order valence-corrected chi connectivity index (χ4v) is 3.74. The van der Waals surface area contributed by atoms with E-state index in [1.807, 2.05) is 60.0 Å². The van der Waals surface area contributed by atoms with E-state index in [-0.39, 0.29) is 11.7 Å². The Hall–Kier alpha value is -1.82. The van der Waals surface area contributed by atoms with Crippen LogP contribution in [0.15, 0.2) is 64.3 Å². The molecule has 0 fully saturated rings. The summed E-state index contributed by atoms with van der Waals surface area (Å²) in [6, 6.07) is 17.2. The summed E-state index contributed by atoms with van der Waals surface area (Å²) in [5.74, 6) is 0.00697. The van der Waals surface area contributed by atoms with Crippen molar-refractivity contribution in [1.29, 1.82) is 0 Å². The molecule has 0 unspecified atom stereocenters. The number of rotatable bonds is 6. The molecule has 1 aromatic heterocycles. The Morgan fingerprint density at radius 2 is 1.88 bits per heavy atom. The number of carbonyl (C=O) groups is 1. The topological polar surface area (TPSA) is 39.2 Å². The maximum atomic E-state index is 11.8. The zero-order valence-corrected chi connectivity index (χ0v) is 15.0. The number of ether oxygens (including phenoxy) is 1. The smallest absolute Gasteiger partial charge is 0.316 e. The van der Waals surface area contributed by atoms with Crippen LogP contribution in [0.2, 0.25) is 5.02 Å². The SMILES string of the molecule is O=C(CSc1nc(-c2ccc(Cl)cc2)cs1)OCc1ccccc1. The van der Waals surface area contributed by atoms with E-state index in [2.05, 4.69) is 4.98 Å². The molecule has 6 heteroatoms. The molecule has 0 N–H and O–H groups in total. The summed E-state index contributed by atoms with van der Waals surface area (Å²) < 4.78 is 6.10. The van der Waals surface area contributed by atoms with Crippen LogP contribution in [0.25, 0.3) is 11.3 Å².